The zero-order chi connectivity index (χ0) is 7.42. The van der Waals surface area contributed by atoms with Crippen molar-refractivity contribution in [3.8, 4) is 0 Å². The normalized spacial score (nSPS) is 53.8. The van der Waals surface area contributed by atoms with Crippen molar-refractivity contribution in [1.82, 2.24) is 0 Å². The van der Waals surface area contributed by atoms with Crippen molar-refractivity contribution in [2.24, 2.45) is 23.7 Å². The third-order valence-electron chi connectivity index (χ3n) is 4.02. The van der Waals surface area contributed by atoms with E-state index in [0.717, 1.165) is 23.7 Å². The number of rotatable bonds is 0. The van der Waals surface area contributed by atoms with Gasteiger partial charge >= 0.3 is 83.2 Å². The molecule has 4 bridgehead atoms. The molecule has 4 aliphatic carbocycles. The fraction of sp³-hybridized carbons (Fsp3) is 0.900. The Morgan fingerprint density at radius 1 is 0.818 bits per heavy atom. The molecule has 0 nitrogen and oxygen atoms in total. The van der Waals surface area contributed by atoms with Crippen LogP contribution in [0, 0.1) is 23.7 Å². The third kappa shape index (κ3) is 0.997. The van der Waals surface area contributed by atoms with E-state index in [1.54, 1.807) is 56.3 Å². The Labute approximate surface area is 83.1 Å². The maximum absolute atomic E-state index is 1.96. The van der Waals surface area contributed by atoms with E-state index < -0.39 is 0 Å². The van der Waals surface area contributed by atoms with Gasteiger partial charge in [0.2, 0.25) is 0 Å². The molecule has 0 unspecified atom stereocenters. The van der Waals surface area contributed by atoms with Gasteiger partial charge in [-0.25, -0.2) is 0 Å². The quantitative estimate of drug-likeness (QED) is 0.593. The van der Waals surface area contributed by atoms with Crippen molar-refractivity contribution in [1.29, 1.82) is 0 Å². The van der Waals surface area contributed by atoms with E-state index in [1.165, 1.54) is 0 Å². The summed E-state index contributed by atoms with van der Waals surface area (Å²) in [7, 11) is 0. The van der Waals surface area contributed by atoms with Crippen LogP contribution in [0.3, 0.4) is 0 Å². The van der Waals surface area contributed by atoms with Gasteiger partial charge in [0.25, 0.3) is 0 Å². The monoisotopic (exact) mass is 224 g/mol. The maximum atomic E-state index is 1.96. The summed E-state index contributed by atoms with van der Waals surface area (Å²) < 4.78 is 1.96. The fourth-order valence-electron chi connectivity index (χ4n) is 3.69. The Kier molecular flexibility index (Phi) is 1.55. The van der Waals surface area contributed by atoms with E-state index in [2.05, 4.69) is 0 Å². The third-order valence-corrected chi connectivity index (χ3v) is 6.02. The van der Waals surface area contributed by atoms with Crippen molar-refractivity contribution >= 4 is 3.21 Å². The summed E-state index contributed by atoms with van der Waals surface area (Å²) in [5, 5.41) is 0. The molecule has 0 atom stereocenters. The zero-order valence-corrected chi connectivity index (χ0v) is 9.30. The first-order valence-corrected chi connectivity index (χ1v) is 6.14. The van der Waals surface area contributed by atoms with E-state index in [0.29, 0.717) is 0 Å². The molecule has 0 amide bonds. The van der Waals surface area contributed by atoms with Gasteiger partial charge in [-0.3, -0.25) is 0 Å². The van der Waals surface area contributed by atoms with E-state index in [-0.39, 0.29) is 0 Å². The van der Waals surface area contributed by atoms with E-state index >= 15 is 0 Å². The second-order valence-corrected chi connectivity index (χ2v) is 6.18. The molecular weight excluding hydrogens is 211 g/mol. The molecule has 0 aliphatic heterocycles. The van der Waals surface area contributed by atoms with Crippen LogP contribution in [0.5, 0.6) is 0 Å². The van der Waals surface area contributed by atoms with Gasteiger partial charge in [0, 0.05) is 0 Å². The summed E-state index contributed by atoms with van der Waals surface area (Å²) in [6.07, 6.45) is 7.90. The van der Waals surface area contributed by atoms with Crippen molar-refractivity contribution in [3.63, 3.8) is 0 Å². The summed E-state index contributed by atoms with van der Waals surface area (Å²) in [6, 6.07) is 0. The van der Waals surface area contributed by atoms with Crippen LogP contribution in [-0.2, 0) is 24.2 Å². The first kappa shape index (κ1) is 7.18. The van der Waals surface area contributed by atoms with Crippen LogP contribution < -0.4 is 0 Å². The van der Waals surface area contributed by atoms with Gasteiger partial charge in [0.15, 0.2) is 0 Å². The molecule has 0 N–H and O–H groups in total. The molecule has 0 aromatic heterocycles. The Balaban J connectivity index is 1.96. The van der Waals surface area contributed by atoms with Crippen LogP contribution in [0.1, 0.15) is 32.1 Å². The summed E-state index contributed by atoms with van der Waals surface area (Å²) in [6.45, 7) is 0. The van der Waals surface area contributed by atoms with Gasteiger partial charge in [-0.1, -0.05) is 0 Å². The minimum absolute atomic E-state index is 1.10. The second-order valence-electron chi connectivity index (χ2n) is 4.76. The molecule has 0 heterocycles. The second kappa shape index (κ2) is 2.37. The average Bonchev–Trinajstić information content (AvgIpc) is 1.98. The Bertz CT molecular complexity index is 177. The van der Waals surface area contributed by atoms with Crippen LogP contribution in [0.2, 0.25) is 0 Å². The van der Waals surface area contributed by atoms with Gasteiger partial charge in [0.05, 0.1) is 0 Å². The van der Waals surface area contributed by atoms with Gasteiger partial charge in [-0.15, -0.1) is 0 Å². The molecule has 4 aliphatic rings. The molecule has 0 aromatic carbocycles. The molecule has 4 fully saturated rings. The van der Waals surface area contributed by atoms with Crippen LogP contribution in [0.15, 0.2) is 0 Å². The fourth-order valence-corrected chi connectivity index (χ4v) is 4.85. The zero-order valence-electron chi connectivity index (χ0n) is 6.84. The predicted octanol–water partition coefficient (Wildman–Crippen LogP) is 2.16. The van der Waals surface area contributed by atoms with Crippen LogP contribution >= 0.6 is 0 Å². The van der Waals surface area contributed by atoms with Gasteiger partial charge in [0.1, 0.15) is 0 Å². The topological polar surface area (TPSA) is 0 Å². The van der Waals surface area contributed by atoms with Gasteiger partial charge in [-0.05, 0) is 0 Å². The van der Waals surface area contributed by atoms with Crippen LogP contribution in [0.25, 0.3) is 0 Å². The number of hydrogen-bond acceptors (Lipinski definition) is 0. The first-order valence-electron chi connectivity index (χ1n) is 4.91. The molecule has 0 aromatic rings. The molecule has 0 saturated heterocycles. The summed E-state index contributed by atoms with van der Waals surface area (Å²) in [4.78, 5) is 0. The van der Waals surface area contributed by atoms with Crippen molar-refractivity contribution in [3.05, 3.63) is 0 Å². The molecule has 56 valence electrons. The standard InChI is InChI=1S/C10H14.Zr/c1-7-2-9-4-8(1)5-10(3-7)6-9;/h7-10H,1-5H2;/q;+2. The molecule has 0 radical (unpaired) electrons. The molecule has 4 saturated carbocycles. The molecule has 0 spiro atoms. The summed E-state index contributed by atoms with van der Waals surface area (Å²) >= 11 is 1.76. The average molecular weight is 225 g/mol. The van der Waals surface area contributed by atoms with E-state index in [9.17, 15) is 0 Å². The molecular formula is C10H14Zr+2. The van der Waals surface area contributed by atoms with Crippen molar-refractivity contribution < 1.29 is 24.2 Å². The van der Waals surface area contributed by atoms with Crippen molar-refractivity contribution in [2.75, 3.05) is 0 Å². The Hall–Kier alpha value is 0.753. The summed E-state index contributed by atoms with van der Waals surface area (Å²) in [5.74, 6) is 4.51. The van der Waals surface area contributed by atoms with Gasteiger partial charge < -0.3 is 0 Å². The minimum atomic E-state index is 1.10. The summed E-state index contributed by atoms with van der Waals surface area (Å²) in [5.41, 5.74) is 0. The predicted molar refractivity (Wildman–Crippen MR) is 42.1 cm³/mol. The first-order chi connectivity index (χ1) is 5.33. The molecule has 11 heavy (non-hydrogen) atoms. The van der Waals surface area contributed by atoms with Crippen molar-refractivity contribution in [2.45, 2.75) is 32.1 Å². The van der Waals surface area contributed by atoms with E-state index in [4.69, 9.17) is 0 Å². The Morgan fingerprint density at radius 2 is 1.27 bits per heavy atom. The van der Waals surface area contributed by atoms with Crippen LogP contribution in [-0.4, -0.2) is 3.21 Å². The van der Waals surface area contributed by atoms with E-state index in [1.807, 2.05) is 3.21 Å². The van der Waals surface area contributed by atoms with Crippen LogP contribution in [0.4, 0.5) is 0 Å². The SMILES string of the molecule is [Zr+2]=[C]1C2CC3CC(C2)CC1C3. The molecule has 1 heteroatoms. The van der Waals surface area contributed by atoms with Gasteiger partial charge in [-0.2, -0.15) is 0 Å². The Morgan fingerprint density at radius 3 is 1.73 bits per heavy atom. The number of hydrogen-bond donors (Lipinski definition) is 0. The molecule has 4 rings (SSSR count).